The standard InChI is InChI=1S/C15H32N2/c1-4-6-7-11-15(3,10-5-2)17-12-8-9-14(17)13-16/h14H,4-13,16H2,1-3H3. The second kappa shape index (κ2) is 7.38. The van der Waals surface area contributed by atoms with Crippen molar-refractivity contribution in [3.63, 3.8) is 0 Å². The van der Waals surface area contributed by atoms with Crippen LogP contribution >= 0.6 is 0 Å². The predicted molar refractivity (Wildman–Crippen MR) is 76.2 cm³/mol. The van der Waals surface area contributed by atoms with E-state index in [1.165, 1.54) is 57.9 Å². The van der Waals surface area contributed by atoms with Crippen LogP contribution < -0.4 is 5.73 Å². The Morgan fingerprint density at radius 3 is 2.53 bits per heavy atom. The van der Waals surface area contributed by atoms with Crippen LogP contribution in [-0.2, 0) is 0 Å². The molecule has 2 atom stereocenters. The highest BCUT2D eigenvalue weighted by molar-refractivity contribution is 4.93. The molecule has 0 radical (unpaired) electrons. The van der Waals surface area contributed by atoms with Gasteiger partial charge in [-0.25, -0.2) is 0 Å². The number of nitrogens with zero attached hydrogens (tertiary/aromatic N) is 1. The van der Waals surface area contributed by atoms with E-state index in [2.05, 4.69) is 25.7 Å². The van der Waals surface area contributed by atoms with E-state index in [1.807, 2.05) is 0 Å². The van der Waals surface area contributed by atoms with Gasteiger partial charge in [-0.3, -0.25) is 4.90 Å². The highest BCUT2D eigenvalue weighted by atomic mass is 15.2. The average molecular weight is 240 g/mol. The molecule has 2 unspecified atom stereocenters. The van der Waals surface area contributed by atoms with Crippen LogP contribution in [0.25, 0.3) is 0 Å². The average Bonchev–Trinajstić information content (AvgIpc) is 2.78. The van der Waals surface area contributed by atoms with E-state index in [-0.39, 0.29) is 0 Å². The van der Waals surface area contributed by atoms with Crippen LogP contribution in [0.4, 0.5) is 0 Å². The fraction of sp³-hybridized carbons (Fsp3) is 1.00. The summed E-state index contributed by atoms with van der Waals surface area (Å²) >= 11 is 0. The molecule has 17 heavy (non-hydrogen) atoms. The van der Waals surface area contributed by atoms with Crippen molar-refractivity contribution < 1.29 is 0 Å². The van der Waals surface area contributed by atoms with Crippen LogP contribution in [0.3, 0.4) is 0 Å². The second-order valence-electron chi connectivity index (χ2n) is 5.93. The van der Waals surface area contributed by atoms with Gasteiger partial charge in [0.1, 0.15) is 0 Å². The minimum absolute atomic E-state index is 0.407. The Bertz CT molecular complexity index is 205. The first-order valence-corrected chi connectivity index (χ1v) is 7.64. The van der Waals surface area contributed by atoms with Crippen molar-refractivity contribution in [3.05, 3.63) is 0 Å². The molecule has 0 bridgehead atoms. The molecule has 0 aromatic heterocycles. The minimum Gasteiger partial charge on any atom is -0.329 e. The Morgan fingerprint density at radius 2 is 1.94 bits per heavy atom. The third-order valence-electron chi connectivity index (χ3n) is 4.45. The number of unbranched alkanes of at least 4 members (excludes halogenated alkanes) is 2. The lowest BCUT2D eigenvalue weighted by molar-refractivity contribution is 0.0720. The molecule has 0 aromatic carbocycles. The summed E-state index contributed by atoms with van der Waals surface area (Å²) in [5.74, 6) is 0. The van der Waals surface area contributed by atoms with Crippen molar-refractivity contribution in [2.75, 3.05) is 13.1 Å². The molecule has 1 aliphatic rings. The van der Waals surface area contributed by atoms with E-state index < -0.39 is 0 Å². The Hall–Kier alpha value is -0.0800. The molecule has 1 saturated heterocycles. The van der Waals surface area contributed by atoms with Crippen LogP contribution in [0.1, 0.15) is 72.1 Å². The quantitative estimate of drug-likeness (QED) is 0.657. The molecule has 1 rings (SSSR count). The molecule has 1 aliphatic heterocycles. The van der Waals surface area contributed by atoms with Gasteiger partial charge in [-0.1, -0.05) is 39.5 Å². The van der Waals surface area contributed by atoms with Gasteiger partial charge < -0.3 is 5.73 Å². The molecule has 2 nitrogen and oxygen atoms in total. The maximum absolute atomic E-state index is 5.93. The molecule has 1 heterocycles. The van der Waals surface area contributed by atoms with Crippen LogP contribution in [0, 0.1) is 0 Å². The highest BCUT2D eigenvalue weighted by Gasteiger charge is 2.37. The fourth-order valence-corrected chi connectivity index (χ4v) is 3.50. The lowest BCUT2D eigenvalue weighted by Crippen LogP contribution is -2.51. The summed E-state index contributed by atoms with van der Waals surface area (Å²) in [5, 5.41) is 0. The molecule has 0 aliphatic carbocycles. The monoisotopic (exact) mass is 240 g/mol. The zero-order valence-corrected chi connectivity index (χ0v) is 12.2. The number of likely N-dealkylation sites (tertiary alicyclic amines) is 1. The molecule has 0 amide bonds. The third-order valence-corrected chi connectivity index (χ3v) is 4.45. The summed E-state index contributed by atoms with van der Waals surface area (Å²) in [7, 11) is 0. The van der Waals surface area contributed by atoms with Crippen LogP contribution in [0.15, 0.2) is 0 Å². The summed E-state index contributed by atoms with van der Waals surface area (Å²) in [4.78, 5) is 2.73. The molecule has 1 fully saturated rings. The highest BCUT2D eigenvalue weighted by Crippen LogP contribution is 2.34. The van der Waals surface area contributed by atoms with Crippen molar-refractivity contribution in [2.45, 2.75) is 83.7 Å². The van der Waals surface area contributed by atoms with Crippen LogP contribution in [-0.4, -0.2) is 29.6 Å². The summed E-state index contributed by atoms with van der Waals surface area (Å²) < 4.78 is 0. The molecule has 0 saturated carbocycles. The van der Waals surface area contributed by atoms with E-state index in [0.717, 1.165) is 6.54 Å². The van der Waals surface area contributed by atoms with Gasteiger partial charge in [0.05, 0.1) is 0 Å². The second-order valence-corrected chi connectivity index (χ2v) is 5.93. The summed E-state index contributed by atoms with van der Waals surface area (Å²) in [6, 6.07) is 0.646. The molecular weight excluding hydrogens is 208 g/mol. The Balaban J connectivity index is 2.61. The zero-order valence-electron chi connectivity index (χ0n) is 12.2. The van der Waals surface area contributed by atoms with Crippen LogP contribution in [0.5, 0.6) is 0 Å². The lowest BCUT2D eigenvalue weighted by atomic mass is 9.87. The first-order chi connectivity index (χ1) is 8.18. The topological polar surface area (TPSA) is 29.3 Å². The third kappa shape index (κ3) is 3.96. The fourth-order valence-electron chi connectivity index (χ4n) is 3.50. The molecule has 2 N–H and O–H groups in total. The predicted octanol–water partition coefficient (Wildman–Crippen LogP) is 3.55. The first kappa shape index (κ1) is 15.0. The van der Waals surface area contributed by atoms with Gasteiger partial charge in [0.2, 0.25) is 0 Å². The van der Waals surface area contributed by atoms with Gasteiger partial charge in [-0.05, 0) is 39.2 Å². The molecule has 102 valence electrons. The maximum atomic E-state index is 5.93. The van der Waals surface area contributed by atoms with Crippen molar-refractivity contribution >= 4 is 0 Å². The van der Waals surface area contributed by atoms with Gasteiger partial charge in [-0.2, -0.15) is 0 Å². The van der Waals surface area contributed by atoms with E-state index in [4.69, 9.17) is 5.73 Å². The first-order valence-electron chi connectivity index (χ1n) is 7.64. The maximum Gasteiger partial charge on any atom is 0.0224 e. The van der Waals surface area contributed by atoms with Gasteiger partial charge in [0.15, 0.2) is 0 Å². The van der Waals surface area contributed by atoms with Crippen molar-refractivity contribution in [2.24, 2.45) is 5.73 Å². The number of rotatable bonds is 8. The van der Waals surface area contributed by atoms with E-state index in [1.54, 1.807) is 0 Å². The van der Waals surface area contributed by atoms with E-state index in [0.29, 0.717) is 11.6 Å². The van der Waals surface area contributed by atoms with Crippen molar-refractivity contribution in [1.82, 2.24) is 4.90 Å². The lowest BCUT2D eigenvalue weighted by Gasteiger charge is -2.43. The Labute approximate surface area is 108 Å². The summed E-state index contributed by atoms with van der Waals surface area (Å²) in [5.41, 5.74) is 6.34. The van der Waals surface area contributed by atoms with Gasteiger partial charge in [0.25, 0.3) is 0 Å². The molecular formula is C15H32N2. The number of nitrogens with two attached hydrogens (primary N) is 1. The van der Waals surface area contributed by atoms with E-state index in [9.17, 15) is 0 Å². The smallest absolute Gasteiger partial charge is 0.0224 e. The van der Waals surface area contributed by atoms with E-state index >= 15 is 0 Å². The number of hydrogen-bond acceptors (Lipinski definition) is 2. The van der Waals surface area contributed by atoms with Crippen LogP contribution in [0.2, 0.25) is 0 Å². The Morgan fingerprint density at radius 1 is 1.18 bits per heavy atom. The van der Waals surface area contributed by atoms with Gasteiger partial charge >= 0.3 is 0 Å². The van der Waals surface area contributed by atoms with Crippen molar-refractivity contribution in [3.8, 4) is 0 Å². The minimum atomic E-state index is 0.407. The van der Waals surface area contributed by atoms with Gasteiger partial charge in [0, 0.05) is 18.1 Å². The number of hydrogen-bond donors (Lipinski definition) is 1. The molecule has 0 spiro atoms. The largest absolute Gasteiger partial charge is 0.329 e. The molecule has 2 heteroatoms. The normalized spacial score (nSPS) is 25.1. The SMILES string of the molecule is CCCCCC(C)(CCC)N1CCCC1CN. The van der Waals surface area contributed by atoms with Gasteiger partial charge in [-0.15, -0.1) is 0 Å². The van der Waals surface area contributed by atoms with Crippen molar-refractivity contribution in [1.29, 1.82) is 0 Å². The Kier molecular flexibility index (Phi) is 6.50. The molecule has 0 aromatic rings. The summed E-state index contributed by atoms with van der Waals surface area (Å²) in [6.07, 6.45) is 10.7. The summed E-state index contributed by atoms with van der Waals surface area (Å²) in [6.45, 7) is 9.18. The zero-order chi connectivity index (χ0) is 12.7.